The summed E-state index contributed by atoms with van der Waals surface area (Å²) in [5.41, 5.74) is 5.58. The van der Waals surface area contributed by atoms with E-state index in [1.54, 1.807) is 53.7 Å². The van der Waals surface area contributed by atoms with Crippen molar-refractivity contribution >= 4 is 11.9 Å². The van der Waals surface area contributed by atoms with E-state index in [4.69, 9.17) is 15.2 Å². The largest absolute Gasteiger partial charge is 0.460 e. The summed E-state index contributed by atoms with van der Waals surface area (Å²) < 4.78 is 11.3. The van der Waals surface area contributed by atoms with E-state index in [2.05, 4.69) is 0 Å². The lowest BCUT2D eigenvalue weighted by molar-refractivity contribution is -0.175. The van der Waals surface area contributed by atoms with Crippen LogP contribution in [-0.2, 0) is 19.1 Å². The molecule has 0 unspecified atom stereocenters. The molecule has 1 aromatic carbocycles. The van der Waals surface area contributed by atoms with Crippen molar-refractivity contribution < 1.29 is 24.2 Å². The number of carbonyl (C=O) groups excluding carboxylic acids is 2. The lowest BCUT2D eigenvalue weighted by Gasteiger charge is -2.41. The number of carbonyl (C=O) groups is 2. The Labute approximate surface area is 180 Å². The molecular formula is C24H37NO5. The van der Waals surface area contributed by atoms with Gasteiger partial charge in [-0.2, -0.15) is 0 Å². The van der Waals surface area contributed by atoms with Crippen LogP contribution in [0.2, 0.25) is 0 Å². The highest BCUT2D eigenvalue weighted by Crippen LogP contribution is 2.42. The second kappa shape index (κ2) is 9.48. The molecule has 6 nitrogen and oxygen atoms in total. The first-order chi connectivity index (χ1) is 13.8. The first-order valence-corrected chi connectivity index (χ1v) is 10.7. The first-order valence-electron chi connectivity index (χ1n) is 10.7. The van der Waals surface area contributed by atoms with Gasteiger partial charge in [-0.05, 0) is 65.9 Å². The van der Waals surface area contributed by atoms with E-state index in [9.17, 15) is 14.7 Å². The van der Waals surface area contributed by atoms with Crippen LogP contribution in [0.4, 0.5) is 0 Å². The summed E-state index contributed by atoms with van der Waals surface area (Å²) >= 11 is 0. The molecule has 0 aliphatic heterocycles. The Morgan fingerprint density at radius 1 is 1.00 bits per heavy atom. The van der Waals surface area contributed by atoms with E-state index in [0.717, 1.165) is 6.42 Å². The Hall–Kier alpha value is -1.92. The Bertz CT molecular complexity index is 719. The van der Waals surface area contributed by atoms with Gasteiger partial charge in [-0.3, -0.25) is 9.59 Å². The molecule has 168 valence electrons. The highest BCUT2D eigenvalue weighted by molar-refractivity contribution is 5.78. The second-order valence-corrected chi connectivity index (χ2v) is 10.2. The number of nitrogens with two attached hydrogens (primary N) is 1. The molecular weight excluding hydrogens is 382 g/mol. The number of esters is 2. The van der Waals surface area contributed by atoms with E-state index >= 15 is 0 Å². The number of hydrogen-bond acceptors (Lipinski definition) is 6. The van der Waals surface area contributed by atoms with Gasteiger partial charge in [0.15, 0.2) is 0 Å². The van der Waals surface area contributed by atoms with Crippen molar-refractivity contribution in [2.24, 2.45) is 23.5 Å². The third-order valence-corrected chi connectivity index (χ3v) is 5.30. The van der Waals surface area contributed by atoms with Crippen LogP contribution < -0.4 is 5.73 Å². The van der Waals surface area contributed by atoms with Crippen molar-refractivity contribution in [2.75, 3.05) is 0 Å². The summed E-state index contributed by atoms with van der Waals surface area (Å²) in [7, 11) is 0. The predicted molar refractivity (Wildman–Crippen MR) is 115 cm³/mol. The van der Waals surface area contributed by atoms with Crippen LogP contribution >= 0.6 is 0 Å². The first kappa shape index (κ1) is 24.4. The van der Waals surface area contributed by atoms with Crippen LogP contribution in [-0.4, -0.2) is 34.3 Å². The van der Waals surface area contributed by atoms with E-state index in [1.807, 2.05) is 18.2 Å². The van der Waals surface area contributed by atoms with Crippen molar-refractivity contribution in [3.8, 4) is 0 Å². The highest BCUT2D eigenvalue weighted by atomic mass is 16.6. The molecule has 30 heavy (non-hydrogen) atoms. The fourth-order valence-electron chi connectivity index (χ4n) is 4.15. The molecule has 1 aliphatic carbocycles. The fourth-order valence-corrected chi connectivity index (χ4v) is 4.15. The maximum atomic E-state index is 13.3. The maximum absolute atomic E-state index is 13.3. The molecule has 1 saturated carbocycles. The third-order valence-electron chi connectivity index (χ3n) is 5.30. The van der Waals surface area contributed by atoms with Gasteiger partial charge < -0.3 is 20.3 Å². The van der Waals surface area contributed by atoms with Crippen LogP contribution in [0.25, 0.3) is 0 Å². The summed E-state index contributed by atoms with van der Waals surface area (Å²) in [6.45, 7) is 10.8. The predicted octanol–water partition coefficient (Wildman–Crippen LogP) is 3.76. The molecule has 6 heteroatoms. The number of hydrogen-bond donors (Lipinski definition) is 2. The van der Waals surface area contributed by atoms with Crippen LogP contribution in [0, 0.1) is 17.8 Å². The van der Waals surface area contributed by atoms with E-state index < -0.39 is 53.0 Å². The normalized spacial score (nSPS) is 24.6. The number of aliphatic hydroxyl groups is 1. The maximum Gasteiger partial charge on any atom is 0.312 e. The van der Waals surface area contributed by atoms with Crippen molar-refractivity contribution in [1.82, 2.24) is 0 Å². The van der Waals surface area contributed by atoms with Gasteiger partial charge in [-0.1, -0.05) is 36.8 Å². The van der Waals surface area contributed by atoms with E-state index in [-0.39, 0.29) is 0 Å². The Kier molecular flexibility index (Phi) is 7.69. The van der Waals surface area contributed by atoms with Gasteiger partial charge >= 0.3 is 11.9 Å². The number of aliphatic hydroxyl groups excluding tert-OH is 1. The van der Waals surface area contributed by atoms with Crippen molar-refractivity contribution in [3.05, 3.63) is 35.9 Å². The molecule has 5 atom stereocenters. The Morgan fingerprint density at radius 3 is 2.10 bits per heavy atom. The Balaban J connectivity index is 2.45. The molecule has 0 amide bonds. The van der Waals surface area contributed by atoms with Crippen molar-refractivity contribution in [2.45, 2.75) is 84.2 Å². The summed E-state index contributed by atoms with van der Waals surface area (Å²) in [6.07, 6.45) is 0.918. The minimum absolute atomic E-state index is 0.423. The molecule has 0 bridgehead atoms. The van der Waals surface area contributed by atoms with E-state index in [0.29, 0.717) is 18.4 Å². The Morgan fingerprint density at radius 2 is 1.57 bits per heavy atom. The molecule has 0 aromatic heterocycles. The fraction of sp³-hybridized carbons (Fsp3) is 0.667. The van der Waals surface area contributed by atoms with Gasteiger partial charge in [-0.15, -0.1) is 0 Å². The summed E-state index contributed by atoms with van der Waals surface area (Å²) in [5.74, 6) is -3.03. The zero-order valence-corrected chi connectivity index (χ0v) is 19.1. The standard InChI is InChI=1S/C24H37NO5/c1-23(2,3)29-21(27)18-16(13-10-14-17(18)25)19(22(28)30-24(4,5)6)20(26)15-11-8-7-9-12-15/h7-9,11-12,16-20,26H,10,13-14,25H2,1-6H3/t16-,17+,18+,19-,20+/m0/s1. The molecule has 0 heterocycles. The third kappa shape index (κ3) is 6.54. The number of benzene rings is 1. The topological polar surface area (TPSA) is 98.9 Å². The second-order valence-electron chi connectivity index (χ2n) is 10.2. The molecule has 0 radical (unpaired) electrons. The van der Waals surface area contributed by atoms with Gasteiger partial charge in [0, 0.05) is 6.04 Å². The van der Waals surface area contributed by atoms with Gasteiger partial charge in [0.1, 0.15) is 11.2 Å². The minimum atomic E-state index is -1.11. The lowest BCUT2D eigenvalue weighted by Crippen LogP contribution is -2.50. The van der Waals surface area contributed by atoms with Crippen LogP contribution in [0.5, 0.6) is 0 Å². The van der Waals surface area contributed by atoms with Gasteiger partial charge in [0.05, 0.1) is 17.9 Å². The zero-order valence-electron chi connectivity index (χ0n) is 19.1. The van der Waals surface area contributed by atoms with Gasteiger partial charge in [0.2, 0.25) is 0 Å². The summed E-state index contributed by atoms with van der Waals surface area (Å²) in [6, 6.07) is 8.57. The molecule has 1 aromatic rings. The monoisotopic (exact) mass is 419 g/mol. The average molecular weight is 420 g/mol. The molecule has 1 fully saturated rings. The lowest BCUT2D eigenvalue weighted by atomic mass is 9.67. The van der Waals surface area contributed by atoms with Crippen molar-refractivity contribution in [1.29, 1.82) is 0 Å². The molecule has 0 spiro atoms. The van der Waals surface area contributed by atoms with Gasteiger partial charge in [0.25, 0.3) is 0 Å². The molecule has 2 rings (SSSR count). The van der Waals surface area contributed by atoms with Crippen LogP contribution in [0.15, 0.2) is 30.3 Å². The highest BCUT2D eigenvalue weighted by Gasteiger charge is 2.48. The smallest absolute Gasteiger partial charge is 0.312 e. The number of ether oxygens (including phenoxy) is 2. The van der Waals surface area contributed by atoms with E-state index in [1.165, 1.54) is 0 Å². The van der Waals surface area contributed by atoms with Crippen LogP contribution in [0.3, 0.4) is 0 Å². The molecule has 3 N–H and O–H groups in total. The average Bonchev–Trinajstić information content (AvgIpc) is 2.59. The van der Waals surface area contributed by atoms with Crippen molar-refractivity contribution in [3.63, 3.8) is 0 Å². The van der Waals surface area contributed by atoms with Gasteiger partial charge in [-0.25, -0.2) is 0 Å². The summed E-state index contributed by atoms with van der Waals surface area (Å²) in [4.78, 5) is 26.3. The summed E-state index contributed by atoms with van der Waals surface area (Å²) in [5, 5.41) is 11.2. The molecule has 0 saturated heterocycles. The zero-order chi connectivity index (χ0) is 22.7. The SMILES string of the molecule is CC(C)(C)OC(=O)[C@@H]1[C@@H]([C@H](C(=O)OC(C)(C)C)[C@H](O)c2ccccc2)CCC[C@H]1N. The number of rotatable bonds is 5. The molecule has 1 aliphatic rings. The minimum Gasteiger partial charge on any atom is -0.460 e. The van der Waals surface area contributed by atoms with Crippen LogP contribution in [0.1, 0.15) is 72.5 Å². The quantitative estimate of drug-likeness (QED) is 0.705.